The van der Waals surface area contributed by atoms with Crippen LogP contribution in [-0.4, -0.2) is 21.7 Å². The number of rotatable bonds is 6. The van der Waals surface area contributed by atoms with Gasteiger partial charge in [-0.1, -0.05) is 90.1 Å². The highest BCUT2D eigenvalue weighted by Gasteiger charge is 2.38. The van der Waals surface area contributed by atoms with Gasteiger partial charge < -0.3 is 0 Å². The van der Waals surface area contributed by atoms with E-state index in [1.165, 1.54) is 28.9 Å². The topological polar surface area (TPSA) is 92.6 Å². The van der Waals surface area contributed by atoms with Crippen molar-refractivity contribution >= 4 is 46.9 Å². The van der Waals surface area contributed by atoms with Crippen LogP contribution in [0, 0.1) is 10.1 Å². The number of hydrogen-bond acceptors (Lipinski definition) is 5. The summed E-state index contributed by atoms with van der Waals surface area (Å²) in [4.78, 5) is 37.7. The molecule has 1 saturated heterocycles. The number of carbonyl (C=O) groups excluding carboxylic acids is 2. The highest BCUT2D eigenvalue weighted by Crippen LogP contribution is 2.45. The lowest BCUT2D eigenvalue weighted by Gasteiger charge is -2.24. The standard InChI is InChI=1S/C29H20ClN3O4S/c30-24-15-13-23(14-16-24)29-32(28(35)26(38-29)18-19-5-4-8-25(17-19)33(36)37)31-27(34)22-11-9-21(10-12-22)20-6-2-1-3-7-20/h1-18,29H,(H,31,34)/b26-18-. The number of hydrazine groups is 1. The first-order chi connectivity index (χ1) is 18.4. The summed E-state index contributed by atoms with van der Waals surface area (Å²) in [6.07, 6.45) is 1.59. The molecule has 4 aromatic carbocycles. The third-order valence-corrected chi connectivity index (χ3v) is 7.42. The van der Waals surface area contributed by atoms with Crippen LogP contribution in [0.15, 0.2) is 108 Å². The van der Waals surface area contributed by atoms with Crippen molar-refractivity contribution in [3.8, 4) is 11.1 Å². The fourth-order valence-corrected chi connectivity index (χ4v) is 5.31. The Morgan fingerprint density at radius 1 is 0.921 bits per heavy atom. The quantitative estimate of drug-likeness (QED) is 0.163. The van der Waals surface area contributed by atoms with Crippen molar-refractivity contribution in [2.45, 2.75) is 5.37 Å². The summed E-state index contributed by atoms with van der Waals surface area (Å²) < 4.78 is 0. The molecule has 1 N–H and O–H groups in total. The van der Waals surface area contributed by atoms with E-state index in [0.29, 0.717) is 21.1 Å². The molecule has 38 heavy (non-hydrogen) atoms. The molecule has 4 aromatic rings. The Kier molecular flexibility index (Phi) is 7.26. The van der Waals surface area contributed by atoms with Crippen LogP contribution in [0.5, 0.6) is 0 Å². The van der Waals surface area contributed by atoms with Gasteiger partial charge in [-0.05, 0) is 52.6 Å². The summed E-state index contributed by atoms with van der Waals surface area (Å²) in [5, 5.41) is 12.4. The Bertz CT molecular complexity index is 1540. The molecule has 1 aliphatic rings. The SMILES string of the molecule is O=C(NN1C(=O)/C(=C/c2cccc([N+](=O)[O-])c2)SC1c1ccc(Cl)cc1)c1ccc(-c2ccccc2)cc1. The molecule has 2 amide bonds. The maximum absolute atomic E-state index is 13.4. The highest BCUT2D eigenvalue weighted by molar-refractivity contribution is 8.04. The lowest BCUT2D eigenvalue weighted by molar-refractivity contribution is -0.384. The zero-order valence-corrected chi connectivity index (χ0v) is 21.4. The van der Waals surface area contributed by atoms with E-state index in [1.807, 2.05) is 42.5 Å². The summed E-state index contributed by atoms with van der Waals surface area (Å²) in [5.41, 5.74) is 6.34. The van der Waals surface area contributed by atoms with Crippen molar-refractivity contribution in [3.63, 3.8) is 0 Å². The first kappa shape index (κ1) is 25.3. The number of non-ortho nitro benzene ring substituents is 1. The largest absolute Gasteiger partial charge is 0.280 e. The monoisotopic (exact) mass is 541 g/mol. The number of nitro groups is 1. The molecule has 0 spiro atoms. The smallest absolute Gasteiger partial charge is 0.267 e. The number of amides is 2. The van der Waals surface area contributed by atoms with E-state index in [1.54, 1.807) is 54.6 Å². The van der Waals surface area contributed by atoms with Crippen molar-refractivity contribution in [2.24, 2.45) is 0 Å². The third-order valence-electron chi connectivity index (χ3n) is 5.91. The first-order valence-corrected chi connectivity index (χ1v) is 12.8. The summed E-state index contributed by atoms with van der Waals surface area (Å²) in [5.74, 6) is -0.857. The zero-order valence-electron chi connectivity index (χ0n) is 19.8. The zero-order chi connectivity index (χ0) is 26.6. The first-order valence-electron chi connectivity index (χ1n) is 11.6. The molecule has 1 fully saturated rings. The minimum Gasteiger partial charge on any atom is -0.267 e. The molecule has 188 valence electrons. The van der Waals surface area contributed by atoms with Crippen molar-refractivity contribution < 1.29 is 14.5 Å². The number of halogens is 1. The Labute approximate surface area is 227 Å². The number of benzene rings is 4. The van der Waals surface area contributed by atoms with Crippen LogP contribution in [-0.2, 0) is 4.79 Å². The second-order valence-electron chi connectivity index (χ2n) is 8.44. The maximum atomic E-state index is 13.4. The van der Waals surface area contributed by atoms with E-state index < -0.39 is 22.1 Å². The van der Waals surface area contributed by atoms with Crippen molar-refractivity contribution in [1.82, 2.24) is 10.4 Å². The lowest BCUT2D eigenvalue weighted by Crippen LogP contribution is -2.44. The van der Waals surface area contributed by atoms with Crippen LogP contribution in [0.2, 0.25) is 5.02 Å². The van der Waals surface area contributed by atoms with Crippen LogP contribution in [0.1, 0.15) is 26.9 Å². The lowest BCUT2D eigenvalue weighted by atomic mass is 10.0. The van der Waals surface area contributed by atoms with E-state index in [4.69, 9.17) is 11.6 Å². The van der Waals surface area contributed by atoms with Gasteiger partial charge in [0, 0.05) is 22.7 Å². The van der Waals surface area contributed by atoms with Gasteiger partial charge >= 0.3 is 0 Å². The average molecular weight is 542 g/mol. The fourth-order valence-electron chi connectivity index (χ4n) is 4.00. The summed E-state index contributed by atoms with van der Waals surface area (Å²) in [6.45, 7) is 0. The molecular weight excluding hydrogens is 522 g/mol. The second-order valence-corrected chi connectivity index (χ2v) is 10.0. The Morgan fingerprint density at radius 3 is 2.29 bits per heavy atom. The molecule has 9 heteroatoms. The number of thioether (sulfide) groups is 1. The molecule has 5 rings (SSSR count). The van der Waals surface area contributed by atoms with E-state index in [9.17, 15) is 19.7 Å². The van der Waals surface area contributed by atoms with Crippen molar-refractivity contribution in [3.05, 3.63) is 140 Å². The molecule has 0 saturated carbocycles. The van der Waals surface area contributed by atoms with E-state index >= 15 is 0 Å². The molecule has 0 bridgehead atoms. The Balaban J connectivity index is 1.42. The summed E-state index contributed by atoms with van der Waals surface area (Å²) >= 11 is 7.30. The van der Waals surface area contributed by atoms with Crippen LogP contribution in [0.3, 0.4) is 0 Å². The predicted molar refractivity (Wildman–Crippen MR) is 149 cm³/mol. The van der Waals surface area contributed by atoms with E-state index in [-0.39, 0.29) is 5.69 Å². The number of hydrogen-bond donors (Lipinski definition) is 1. The summed E-state index contributed by atoms with van der Waals surface area (Å²) in [6, 6.07) is 30.0. The van der Waals surface area contributed by atoms with Gasteiger partial charge in [0.15, 0.2) is 0 Å². The number of nitrogens with one attached hydrogen (secondary N) is 1. The van der Waals surface area contributed by atoms with Gasteiger partial charge in [0.25, 0.3) is 17.5 Å². The molecule has 7 nitrogen and oxygen atoms in total. The Morgan fingerprint density at radius 2 is 1.61 bits per heavy atom. The van der Waals surface area contributed by atoms with Gasteiger partial charge in [0.2, 0.25) is 0 Å². The number of nitro benzene ring substituents is 1. The molecule has 0 aromatic heterocycles. The molecule has 1 aliphatic heterocycles. The summed E-state index contributed by atoms with van der Waals surface area (Å²) in [7, 11) is 0. The fraction of sp³-hybridized carbons (Fsp3) is 0.0345. The number of nitrogens with zero attached hydrogens (tertiary/aromatic N) is 2. The molecule has 0 aliphatic carbocycles. The van der Waals surface area contributed by atoms with Crippen LogP contribution < -0.4 is 5.43 Å². The average Bonchev–Trinajstić information content (AvgIpc) is 3.24. The maximum Gasteiger partial charge on any atom is 0.280 e. The third kappa shape index (κ3) is 5.46. The molecule has 0 radical (unpaired) electrons. The molecular formula is C29H20ClN3O4S. The van der Waals surface area contributed by atoms with E-state index in [0.717, 1.165) is 16.7 Å². The molecule has 1 heterocycles. The highest BCUT2D eigenvalue weighted by atomic mass is 35.5. The van der Waals surface area contributed by atoms with Crippen LogP contribution in [0.25, 0.3) is 17.2 Å². The van der Waals surface area contributed by atoms with Gasteiger partial charge in [0.05, 0.1) is 9.83 Å². The van der Waals surface area contributed by atoms with Gasteiger partial charge in [-0.25, -0.2) is 5.01 Å². The minimum atomic E-state index is -0.558. The minimum absolute atomic E-state index is 0.0758. The predicted octanol–water partition coefficient (Wildman–Crippen LogP) is 6.88. The van der Waals surface area contributed by atoms with Crippen LogP contribution in [0.4, 0.5) is 5.69 Å². The van der Waals surface area contributed by atoms with Gasteiger partial charge in [-0.3, -0.25) is 25.1 Å². The van der Waals surface area contributed by atoms with Crippen molar-refractivity contribution in [1.29, 1.82) is 0 Å². The van der Waals surface area contributed by atoms with Gasteiger partial charge in [-0.15, -0.1) is 0 Å². The van der Waals surface area contributed by atoms with E-state index in [2.05, 4.69) is 5.43 Å². The Hall–Kier alpha value is -4.40. The van der Waals surface area contributed by atoms with Gasteiger partial charge in [0.1, 0.15) is 5.37 Å². The van der Waals surface area contributed by atoms with Crippen molar-refractivity contribution in [2.75, 3.05) is 0 Å². The molecule has 1 atom stereocenters. The molecule has 1 unspecified atom stereocenters. The number of carbonyl (C=O) groups is 2. The normalized spacial score (nSPS) is 16.0. The second kappa shape index (κ2) is 10.9. The van der Waals surface area contributed by atoms with Gasteiger partial charge in [-0.2, -0.15) is 0 Å². The van der Waals surface area contributed by atoms with Crippen LogP contribution >= 0.6 is 23.4 Å².